The minimum absolute atomic E-state index is 0.231. The number of hydrogen-bond acceptors (Lipinski definition) is 1. The van der Waals surface area contributed by atoms with E-state index in [0.29, 0.717) is 18.0 Å². The fourth-order valence-corrected chi connectivity index (χ4v) is 1.52. The Kier molecular flexibility index (Phi) is 5.86. The highest BCUT2D eigenvalue weighted by atomic mass is 35.5. The zero-order valence-corrected chi connectivity index (χ0v) is 9.77. The van der Waals surface area contributed by atoms with Crippen LogP contribution in [0.25, 0.3) is 0 Å². The maximum atomic E-state index is 12.8. The molecule has 0 aromatic heterocycles. The van der Waals surface area contributed by atoms with Gasteiger partial charge in [0.05, 0.1) is 0 Å². The highest BCUT2D eigenvalue weighted by Gasteiger charge is 2.04. The summed E-state index contributed by atoms with van der Waals surface area (Å²) in [4.78, 5) is 11.5. The molecule has 0 aliphatic heterocycles. The molecule has 0 fully saturated rings. The SMILES string of the molecule is O=C(NCCCCCCl)c1cccc(F)c1. The van der Waals surface area contributed by atoms with Crippen molar-refractivity contribution in [2.75, 3.05) is 12.4 Å². The molecule has 1 aromatic rings. The second kappa shape index (κ2) is 7.23. The molecule has 0 bridgehead atoms. The Hall–Kier alpha value is -1.09. The van der Waals surface area contributed by atoms with Gasteiger partial charge >= 0.3 is 0 Å². The molecule has 16 heavy (non-hydrogen) atoms. The predicted molar refractivity (Wildman–Crippen MR) is 63.3 cm³/mol. The molecule has 0 atom stereocenters. The van der Waals surface area contributed by atoms with Crippen LogP contribution < -0.4 is 5.32 Å². The van der Waals surface area contributed by atoms with Crippen molar-refractivity contribution >= 4 is 17.5 Å². The fourth-order valence-electron chi connectivity index (χ4n) is 1.33. The molecule has 0 aliphatic rings. The van der Waals surface area contributed by atoms with Gasteiger partial charge in [-0.05, 0) is 31.0 Å². The molecule has 0 saturated carbocycles. The summed E-state index contributed by atoms with van der Waals surface area (Å²) in [5.41, 5.74) is 0.359. The van der Waals surface area contributed by atoms with E-state index in [1.807, 2.05) is 0 Å². The molecular weight excluding hydrogens is 229 g/mol. The highest BCUT2D eigenvalue weighted by Crippen LogP contribution is 2.03. The van der Waals surface area contributed by atoms with Gasteiger partial charge in [-0.1, -0.05) is 12.5 Å². The third-order valence-corrected chi connectivity index (χ3v) is 2.45. The maximum Gasteiger partial charge on any atom is 0.251 e. The van der Waals surface area contributed by atoms with Gasteiger partial charge in [0.25, 0.3) is 5.91 Å². The number of halogens is 2. The van der Waals surface area contributed by atoms with E-state index >= 15 is 0 Å². The monoisotopic (exact) mass is 243 g/mol. The second-order valence-corrected chi connectivity index (χ2v) is 3.89. The smallest absolute Gasteiger partial charge is 0.251 e. The van der Waals surface area contributed by atoms with Crippen molar-refractivity contribution in [3.8, 4) is 0 Å². The molecule has 1 N–H and O–H groups in total. The fraction of sp³-hybridized carbons (Fsp3) is 0.417. The third kappa shape index (κ3) is 4.62. The zero-order chi connectivity index (χ0) is 11.8. The van der Waals surface area contributed by atoms with Gasteiger partial charge in [0, 0.05) is 18.0 Å². The minimum Gasteiger partial charge on any atom is -0.352 e. The maximum absolute atomic E-state index is 12.8. The molecule has 0 spiro atoms. The lowest BCUT2D eigenvalue weighted by molar-refractivity contribution is 0.0952. The van der Waals surface area contributed by atoms with Crippen molar-refractivity contribution in [2.24, 2.45) is 0 Å². The molecule has 1 aromatic carbocycles. The van der Waals surface area contributed by atoms with Crippen LogP contribution in [0.2, 0.25) is 0 Å². The van der Waals surface area contributed by atoms with Crippen LogP contribution in [0.15, 0.2) is 24.3 Å². The first-order valence-corrected chi connectivity index (χ1v) is 5.87. The number of carbonyl (C=O) groups excluding carboxylic acids is 1. The lowest BCUT2D eigenvalue weighted by Crippen LogP contribution is -2.24. The van der Waals surface area contributed by atoms with Crippen molar-refractivity contribution in [3.05, 3.63) is 35.6 Å². The van der Waals surface area contributed by atoms with Gasteiger partial charge in [-0.2, -0.15) is 0 Å². The average molecular weight is 244 g/mol. The van der Waals surface area contributed by atoms with E-state index in [4.69, 9.17) is 11.6 Å². The quantitative estimate of drug-likeness (QED) is 0.604. The first-order valence-electron chi connectivity index (χ1n) is 5.34. The summed E-state index contributed by atoms with van der Waals surface area (Å²) in [7, 11) is 0. The third-order valence-electron chi connectivity index (χ3n) is 2.18. The number of unbranched alkanes of at least 4 members (excludes halogenated alkanes) is 2. The summed E-state index contributed by atoms with van der Waals surface area (Å²) in [6, 6.07) is 5.67. The van der Waals surface area contributed by atoms with E-state index in [9.17, 15) is 9.18 Å². The van der Waals surface area contributed by atoms with Crippen molar-refractivity contribution < 1.29 is 9.18 Å². The van der Waals surface area contributed by atoms with Crippen molar-refractivity contribution in [3.63, 3.8) is 0 Å². The predicted octanol–water partition coefficient (Wildman–Crippen LogP) is 2.96. The summed E-state index contributed by atoms with van der Waals surface area (Å²) in [5, 5.41) is 2.74. The van der Waals surface area contributed by atoms with Crippen LogP contribution in [0.3, 0.4) is 0 Å². The molecule has 2 nitrogen and oxygen atoms in total. The van der Waals surface area contributed by atoms with Crippen molar-refractivity contribution in [1.29, 1.82) is 0 Å². The molecule has 0 saturated heterocycles. The number of amides is 1. The number of carbonyl (C=O) groups is 1. The Balaban J connectivity index is 2.30. The number of benzene rings is 1. The molecule has 4 heteroatoms. The van der Waals surface area contributed by atoms with Crippen LogP contribution in [0.1, 0.15) is 29.6 Å². The molecule has 0 unspecified atom stereocenters. The molecule has 1 amide bonds. The summed E-state index contributed by atoms with van der Waals surface area (Å²) in [6.07, 6.45) is 2.85. The highest BCUT2D eigenvalue weighted by molar-refractivity contribution is 6.17. The number of alkyl halides is 1. The van der Waals surface area contributed by atoms with Crippen molar-refractivity contribution in [1.82, 2.24) is 5.32 Å². The first-order chi connectivity index (χ1) is 7.74. The average Bonchev–Trinajstić information content (AvgIpc) is 2.28. The van der Waals surface area contributed by atoms with Gasteiger partial charge in [-0.3, -0.25) is 4.79 Å². The lowest BCUT2D eigenvalue weighted by atomic mass is 10.2. The molecular formula is C12H15ClFNO. The molecule has 0 aliphatic carbocycles. The molecule has 0 heterocycles. The molecule has 88 valence electrons. The Morgan fingerprint density at radius 2 is 2.12 bits per heavy atom. The van der Waals surface area contributed by atoms with E-state index < -0.39 is 5.82 Å². The van der Waals surface area contributed by atoms with E-state index in [1.165, 1.54) is 18.2 Å². The Morgan fingerprint density at radius 1 is 1.31 bits per heavy atom. The first kappa shape index (κ1) is 13.0. The van der Waals surface area contributed by atoms with Gasteiger partial charge in [-0.25, -0.2) is 4.39 Å². The normalized spacial score (nSPS) is 10.1. The number of nitrogens with one attached hydrogen (secondary N) is 1. The van der Waals surface area contributed by atoms with Crippen LogP contribution in [0.4, 0.5) is 4.39 Å². The number of rotatable bonds is 6. The second-order valence-electron chi connectivity index (χ2n) is 3.52. The van der Waals surface area contributed by atoms with Crippen LogP contribution >= 0.6 is 11.6 Å². The van der Waals surface area contributed by atoms with Gasteiger partial charge in [0.2, 0.25) is 0 Å². The van der Waals surface area contributed by atoms with Crippen LogP contribution in [-0.2, 0) is 0 Å². The number of hydrogen-bond donors (Lipinski definition) is 1. The lowest BCUT2D eigenvalue weighted by Gasteiger charge is -2.04. The van der Waals surface area contributed by atoms with E-state index in [1.54, 1.807) is 6.07 Å². The Bertz CT molecular complexity index is 344. The van der Waals surface area contributed by atoms with Crippen molar-refractivity contribution in [2.45, 2.75) is 19.3 Å². The minimum atomic E-state index is -0.394. The largest absolute Gasteiger partial charge is 0.352 e. The van der Waals surface area contributed by atoms with E-state index in [-0.39, 0.29) is 5.91 Å². The summed E-state index contributed by atoms with van der Waals surface area (Å²) < 4.78 is 12.8. The Labute approximate surface area is 99.8 Å². The molecule has 0 radical (unpaired) electrons. The van der Waals surface area contributed by atoms with Crippen LogP contribution in [0.5, 0.6) is 0 Å². The Morgan fingerprint density at radius 3 is 2.81 bits per heavy atom. The van der Waals surface area contributed by atoms with Gasteiger partial charge in [0.1, 0.15) is 5.82 Å². The van der Waals surface area contributed by atoms with Gasteiger partial charge in [0.15, 0.2) is 0 Å². The summed E-state index contributed by atoms with van der Waals surface area (Å²) in [6.45, 7) is 0.603. The molecule has 1 rings (SSSR count). The zero-order valence-electron chi connectivity index (χ0n) is 9.01. The van der Waals surface area contributed by atoms with Crippen LogP contribution in [-0.4, -0.2) is 18.3 Å². The summed E-state index contributed by atoms with van der Waals surface area (Å²) >= 11 is 5.53. The van der Waals surface area contributed by atoms with Gasteiger partial charge < -0.3 is 5.32 Å². The topological polar surface area (TPSA) is 29.1 Å². The van der Waals surface area contributed by atoms with Crippen LogP contribution in [0, 0.1) is 5.82 Å². The van der Waals surface area contributed by atoms with E-state index in [0.717, 1.165) is 19.3 Å². The van der Waals surface area contributed by atoms with Gasteiger partial charge in [-0.15, -0.1) is 11.6 Å². The van der Waals surface area contributed by atoms with E-state index in [2.05, 4.69) is 5.32 Å². The standard InChI is InChI=1S/C12H15ClFNO/c13-7-2-1-3-8-15-12(16)10-5-4-6-11(14)9-10/h4-6,9H,1-3,7-8H2,(H,15,16). The summed E-state index contributed by atoms with van der Waals surface area (Å²) in [5.74, 6) is 0.0258.